The van der Waals surface area contributed by atoms with Gasteiger partial charge in [0.25, 0.3) is 5.91 Å². The van der Waals surface area contributed by atoms with Gasteiger partial charge >= 0.3 is 0 Å². The van der Waals surface area contributed by atoms with E-state index in [4.69, 9.17) is 0 Å². The Morgan fingerprint density at radius 1 is 0.580 bits per heavy atom. The number of benzene rings is 6. The van der Waals surface area contributed by atoms with E-state index in [2.05, 4.69) is 43.7 Å². The molecule has 0 spiro atoms. The highest BCUT2D eigenvalue weighted by molar-refractivity contribution is 7.99. The van der Waals surface area contributed by atoms with Crippen molar-refractivity contribution in [1.82, 2.24) is 14.1 Å². The van der Waals surface area contributed by atoms with Crippen LogP contribution in [0.25, 0.3) is 55.0 Å². The highest BCUT2D eigenvalue weighted by atomic mass is 32.2. The number of aldehydes is 1. The van der Waals surface area contributed by atoms with Crippen molar-refractivity contribution in [2.45, 2.75) is 9.79 Å². The number of para-hydroxylation sites is 4. The first kappa shape index (κ1) is 29.7. The fourth-order valence-corrected chi connectivity index (χ4v) is 7.88. The van der Waals surface area contributed by atoms with Gasteiger partial charge in [0, 0.05) is 48.9 Å². The number of nitrogens with one attached hydrogen (secondary N) is 1. The lowest BCUT2D eigenvalue weighted by atomic mass is 9.96. The normalized spacial score (nSPS) is 11.4. The highest BCUT2D eigenvalue weighted by Crippen LogP contribution is 2.45. The molecule has 6 aromatic carbocycles. The first-order valence-electron chi connectivity index (χ1n) is 16.3. The minimum absolute atomic E-state index is 0.284. The van der Waals surface area contributed by atoms with Gasteiger partial charge in [0.15, 0.2) is 6.29 Å². The van der Waals surface area contributed by atoms with Crippen molar-refractivity contribution in [1.29, 1.82) is 0 Å². The number of amides is 1. The fourth-order valence-electron chi connectivity index (χ4n) is 7.08. The number of carbonyl (C=O) groups is 2. The molecule has 0 bridgehead atoms. The van der Waals surface area contributed by atoms with Crippen molar-refractivity contribution in [2.75, 3.05) is 5.32 Å². The maximum Gasteiger partial charge on any atom is 0.259 e. The van der Waals surface area contributed by atoms with Crippen molar-refractivity contribution in [3.8, 4) is 11.4 Å². The van der Waals surface area contributed by atoms with Crippen LogP contribution in [0, 0.1) is 0 Å². The average molecular weight is 665 g/mol. The number of anilines is 1. The van der Waals surface area contributed by atoms with Crippen LogP contribution < -0.4 is 5.32 Å². The molecule has 3 aromatic heterocycles. The largest absolute Gasteiger partial charge is 0.308 e. The van der Waals surface area contributed by atoms with Gasteiger partial charge in [-0.05, 0) is 60.7 Å². The predicted octanol–water partition coefficient (Wildman–Crippen LogP) is 10.5. The van der Waals surface area contributed by atoms with E-state index in [0.717, 1.165) is 60.0 Å². The molecule has 238 valence electrons. The van der Waals surface area contributed by atoms with E-state index >= 15 is 0 Å². The van der Waals surface area contributed by atoms with Crippen LogP contribution in [0.15, 0.2) is 168 Å². The number of hydrogen-bond acceptors (Lipinski definition) is 4. The molecule has 0 radical (unpaired) electrons. The summed E-state index contributed by atoms with van der Waals surface area (Å²) < 4.78 is 4.21. The van der Waals surface area contributed by atoms with Crippen molar-refractivity contribution in [3.05, 3.63) is 169 Å². The molecule has 3 heterocycles. The molecular weight excluding hydrogens is 637 g/mol. The quantitative estimate of drug-likeness (QED) is 0.172. The lowest BCUT2D eigenvalue weighted by Crippen LogP contribution is -2.17. The van der Waals surface area contributed by atoms with Gasteiger partial charge in [-0.15, -0.1) is 0 Å². The Bertz CT molecular complexity index is 2720. The van der Waals surface area contributed by atoms with Gasteiger partial charge in [0.1, 0.15) is 5.82 Å². The monoisotopic (exact) mass is 664 g/mol. The third kappa shape index (κ3) is 4.78. The minimum atomic E-state index is -0.417. The second-order valence-corrected chi connectivity index (χ2v) is 13.1. The Kier molecular flexibility index (Phi) is 7.25. The Hall–Kier alpha value is -6.44. The summed E-state index contributed by atoms with van der Waals surface area (Å²) in [5, 5.41) is 6.86. The summed E-state index contributed by atoms with van der Waals surface area (Å²) in [5.74, 6) is -0.0247. The smallest absolute Gasteiger partial charge is 0.259 e. The van der Waals surface area contributed by atoms with Crippen LogP contribution in [0.5, 0.6) is 0 Å². The first-order chi connectivity index (χ1) is 24.7. The number of pyridine rings is 1. The van der Waals surface area contributed by atoms with Gasteiger partial charge in [0.2, 0.25) is 0 Å². The van der Waals surface area contributed by atoms with Crippen LogP contribution >= 0.6 is 11.8 Å². The second-order valence-electron chi connectivity index (χ2n) is 12.0. The lowest BCUT2D eigenvalue weighted by molar-refractivity contribution is 0.101. The molecule has 0 aliphatic heterocycles. The van der Waals surface area contributed by atoms with Gasteiger partial charge in [-0.1, -0.05) is 103 Å². The number of fused-ring (bicyclic) bond motifs is 7. The van der Waals surface area contributed by atoms with Gasteiger partial charge in [-0.3, -0.25) is 9.59 Å². The standard InChI is InChI=1S/C43H28N4O2S/c48-27-34-40(43(49)45-37-25-24-31(26-44-37)50-30-18-8-3-9-19-30)42-39(33-21-11-13-23-36(33)47(42)29-16-6-2-7-17-29)38-32-20-10-12-22-35(32)46(41(34)38)28-14-4-1-5-15-28/h1-27H,(H,44,45,49). The maximum atomic E-state index is 14.8. The Labute approximate surface area is 291 Å². The van der Waals surface area contributed by atoms with Gasteiger partial charge in [0.05, 0.1) is 33.2 Å². The van der Waals surface area contributed by atoms with Crippen molar-refractivity contribution in [3.63, 3.8) is 0 Å². The van der Waals surface area contributed by atoms with E-state index in [1.54, 1.807) is 24.0 Å². The molecule has 0 atom stereocenters. The third-order valence-electron chi connectivity index (χ3n) is 9.09. The summed E-state index contributed by atoms with van der Waals surface area (Å²) in [6.07, 6.45) is 2.58. The SMILES string of the molecule is O=Cc1c(C(=O)Nc2ccc(Sc3ccccc3)cn2)c2c(c3ccccc3n2-c2ccccc2)c2c3ccccc3n(-c3ccccc3)c12. The predicted molar refractivity (Wildman–Crippen MR) is 203 cm³/mol. The fraction of sp³-hybridized carbons (Fsp3) is 0. The molecule has 0 aliphatic carbocycles. The summed E-state index contributed by atoms with van der Waals surface area (Å²) in [7, 11) is 0. The van der Waals surface area contributed by atoms with Crippen LogP contribution in [0.2, 0.25) is 0 Å². The van der Waals surface area contributed by atoms with Crippen LogP contribution in [0.1, 0.15) is 20.7 Å². The molecule has 1 amide bonds. The zero-order valence-corrected chi connectivity index (χ0v) is 27.5. The number of nitrogens with zero attached hydrogens (tertiary/aromatic N) is 3. The Morgan fingerprint density at radius 2 is 1.10 bits per heavy atom. The highest BCUT2D eigenvalue weighted by Gasteiger charge is 2.30. The second kappa shape index (κ2) is 12.2. The van der Waals surface area contributed by atoms with Crippen molar-refractivity contribution < 1.29 is 9.59 Å². The third-order valence-corrected chi connectivity index (χ3v) is 10.1. The summed E-state index contributed by atoms with van der Waals surface area (Å²) in [6.45, 7) is 0. The first-order valence-corrected chi connectivity index (χ1v) is 17.1. The van der Waals surface area contributed by atoms with Gasteiger partial charge in [-0.25, -0.2) is 4.98 Å². The summed E-state index contributed by atoms with van der Waals surface area (Å²) in [5.41, 5.74) is 5.60. The van der Waals surface area contributed by atoms with Crippen LogP contribution in [-0.4, -0.2) is 26.3 Å². The summed E-state index contributed by atoms with van der Waals surface area (Å²) >= 11 is 1.60. The van der Waals surface area contributed by atoms with E-state index in [-0.39, 0.29) is 5.56 Å². The van der Waals surface area contributed by atoms with E-state index in [1.165, 1.54) is 0 Å². The van der Waals surface area contributed by atoms with E-state index < -0.39 is 5.91 Å². The molecule has 0 saturated heterocycles. The number of aromatic nitrogens is 3. The Balaban J connectivity index is 1.36. The van der Waals surface area contributed by atoms with Crippen LogP contribution in [0.3, 0.4) is 0 Å². The molecular formula is C43H28N4O2S. The van der Waals surface area contributed by atoms with Gasteiger partial charge in [-0.2, -0.15) is 0 Å². The van der Waals surface area contributed by atoms with Crippen molar-refractivity contribution in [2.24, 2.45) is 0 Å². The summed E-state index contributed by atoms with van der Waals surface area (Å²) in [6, 6.07) is 50.1. The minimum Gasteiger partial charge on any atom is -0.308 e. The molecule has 9 rings (SSSR count). The number of rotatable bonds is 7. The molecule has 9 aromatic rings. The Morgan fingerprint density at radius 3 is 1.66 bits per heavy atom. The molecule has 50 heavy (non-hydrogen) atoms. The molecule has 1 N–H and O–H groups in total. The van der Waals surface area contributed by atoms with E-state index in [1.807, 2.05) is 121 Å². The lowest BCUT2D eigenvalue weighted by Gasteiger charge is -2.16. The van der Waals surface area contributed by atoms with E-state index in [0.29, 0.717) is 22.4 Å². The molecule has 0 aliphatic rings. The zero-order chi connectivity index (χ0) is 33.6. The van der Waals surface area contributed by atoms with Crippen LogP contribution in [-0.2, 0) is 0 Å². The maximum absolute atomic E-state index is 14.8. The molecule has 6 nitrogen and oxygen atoms in total. The summed E-state index contributed by atoms with van der Waals surface area (Å²) in [4.78, 5) is 35.0. The number of carbonyl (C=O) groups excluding carboxylic acids is 2. The van der Waals surface area contributed by atoms with Crippen LogP contribution in [0.4, 0.5) is 5.82 Å². The average Bonchev–Trinajstić information content (AvgIpc) is 3.69. The molecule has 7 heteroatoms. The molecule has 0 fully saturated rings. The molecule has 0 unspecified atom stereocenters. The number of hydrogen-bond donors (Lipinski definition) is 1. The van der Waals surface area contributed by atoms with Crippen molar-refractivity contribution >= 4 is 73.4 Å². The topological polar surface area (TPSA) is 68.9 Å². The zero-order valence-electron chi connectivity index (χ0n) is 26.7. The molecule has 0 saturated carbocycles. The van der Waals surface area contributed by atoms with E-state index in [9.17, 15) is 9.59 Å². The van der Waals surface area contributed by atoms with Gasteiger partial charge < -0.3 is 14.5 Å².